The van der Waals surface area contributed by atoms with E-state index in [2.05, 4.69) is 15.6 Å². The van der Waals surface area contributed by atoms with Crippen LogP contribution in [0.5, 0.6) is 0 Å². The molecule has 0 radical (unpaired) electrons. The van der Waals surface area contributed by atoms with Gasteiger partial charge in [0.15, 0.2) is 6.30 Å². The van der Waals surface area contributed by atoms with Crippen molar-refractivity contribution in [3.05, 3.63) is 35.9 Å². The lowest BCUT2D eigenvalue weighted by molar-refractivity contribution is -0.137. The molecular weight excluding hydrogens is 413 g/mol. The van der Waals surface area contributed by atoms with Crippen LogP contribution < -0.4 is 10.7 Å². The summed E-state index contributed by atoms with van der Waals surface area (Å²) in [5.74, 6) is -0.306. The molecule has 0 aliphatic carbocycles. The summed E-state index contributed by atoms with van der Waals surface area (Å²) < 4.78 is 20.3. The van der Waals surface area contributed by atoms with Crippen LogP contribution in [0.2, 0.25) is 0 Å². The van der Waals surface area contributed by atoms with Gasteiger partial charge in [-0.2, -0.15) is 0 Å². The summed E-state index contributed by atoms with van der Waals surface area (Å²) in [6.07, 6.45) is 1.43. The minimum atomic E-state index is -1.14. The Kier molecular flexibility index (Phi) is 7.27. The Morgan fingerprint density at radius 1 is 1.16 bits per heavy atom. The minimum Gasteiger partial charge on any atom is -0.443 e. The van der Waals surface area contributed by atoms with Crippen molar-refractivity contribution >= 4 is 12.0 Å². The lowest BCUT2D eigenvalue weighted by atomic mass is 9.76. The van der Waals surface area contributed by atoms with Crippen molar-refractivity contribution in [1.82, 2.24) is 25.6 Å². The molecule has 8 nitrogen and oxygen atoms in total. The molecule has 3 aliphatic heterocycles. The summed E-state index contributed by atoms with van der Waals surface area (Å²) in [6.45, 7) is 7.01. The lowest BCUT2D eigenvalue weighted by Gasteiger charge is -2.40. The topological polar surface area (TPSA) is 77.2 Å². The maximum Gasteiger partial charge on any atom is 0.407 e. The summed E-state index contributed by atoms with van der Waals surface area (Å²) in [5, 5.41) is 4.28. The monoisotopic (exact) mass is 447 g/mol. The van der Waals surface area contributed by atoms with E-state index in [9.17, 15) is 14.0 Å². The van der Waals surface area contributed by atoms with Crippen LogP contribution in [-0.2, 0) is 14.9 Å². The number of hydrazine groups is 1. The first-order valence-electron chi connectivity index (χ1n) is 11.6. The number of likely N-dealkylation sites (tertiary alicyclic amines) is 1. The second-order valence-corrected chi connectivity index (χ2v) is 9.10. The average Bonchev–Trinajstić information content (AvgIpc) is 3.26. The van der Waals surface area contributed by atoms with Crippen molar-refractivity contribution in [2.75, 3.05) is 52.4 Å². The van der Waals surface area contributed by atoms with Gasteiger partial charge in [0.25, 0.3) is 0 Å². The van der Waals surface area contributed by atoms with Crippen LogP contribution in [0.15, 0.2) is 30.3 Å². The molecular formula is C23H34FN5O3. The molecule has 3 atom stereocenters. The molecule has 3 heterocycles. The molecule has 176 valence electrons. The van der Waals surface area contributed by atoms with Gasteiger partial charge >= 0.3 is 6.09 Å². The standard InChI is InChI=1S/C23H34FN5O3/c1-23(18-8-4-2-5-9-18,19-16-25-22(31)32-19)21(30)26-29-15-14-28(20(24)17-29)13-12-27-10-6-3-7-11-27/h2,4-5,8-9,19-20H,3,6-7,10-17H2,1H3,(H,25,31)(H,26,30). The van der Waals surface area contributed by atoms with E-state index in [4.69, 9.17) is 4.74 Å². The molecule has 9 heteroatoms. The first-order valence-corrected chi connectivity index (χ1v) is 11.6. The highest BCUT2D eigenvalue weighted by Crippen LogP contribution is 2.32. The first-order chi connectivity index (χ1) is 15.5. The fraction of sp³-hybridized carbons (Fsp3) is 0.652. The summed E-state index contributed by atoms with van der Waals surface area (Å²) >= 11 is 0. The van der Waals surface area contributed by atoms with Crippen LogP contribution in [0.4, 0.5) is 9.18 Å². The van der Waals surface area contributed by atoms with Gasteiger partial charge in [0.1, 0.15) is 11.5 Å². The highest BCUT2D eigenvalue weighted by molar-refractivity contribution is 5.89. The van der Waals surface area contributed by atoms with Gasteiger partial charge in [0.05, 0.1) is 13.1 Å². The molecule has 3 unspecified atom stereocenters. The number of halogens is 1. The van der Waals surface area contributed by atoms with Crippen molar-refractivity contribution in [2.45, 2.75) is 44.0 Å². The molecule has 3 fully saturated rings. The van der Waals surface area contributed by atoms with Crippen LogP contribution in [0.25, 0.3) is 0 Å². The predicted octanol–water partition coefficient (Wildman–Crippen LogP) is 1.48. The molecule has 0 aromatic heterocycles. The Labute approximate surface area is 189 Å². The van der Waals surface area contributed by atoms with E-state index in [-0.39, 0.29) is 19.0 Å². The summed E-state index contributed by atoms with van der Waals surface area (Å²) in [7, 11) is 0. The number of nitrogens with zero attached hydrogens (tertiary/aromatic N) is 3. The maximum absolute atomic E-state index is 14.9. The van der Waals surface area contributed by atoms with Gasteiger partial charge in [-0.25, -0.2) is 14.2 Å². The van der Waals surface area contributed by atoms with E-state index in [0.29, 0.717) is 19.6 Å². The van der Waals surface area contributed by atoms with E-state index in [0.717, 1.165) is 25.2 Å². The highest BCUT2D eigenvalue weighted by Gasteiger charge is 2.48. The number of rotatable bonds is 7. The number of hydrogen-bond acceptors (Lipinski definition) is 6. The zero-order valence-electron chi connectivity index (χ0n) is 18.8. The summed E-state index contributed by atoms with van der Waals surface area (Å²) in [6, 6.07) is 9.27. The number of ether oxygens (including phenoxy) is 1. The fourth-order valence-electron chi connectivity index (χ4n) is 4.80. The number of hydrogen-bond donors (Lipinski definition) is 2. The molecule has 3 saturated heterocycles. The van der Waals surface area contributed by atoms with Crippen molar-refractivity contribution < 1.29 is 18.7 Å². The molecule has 2 N–H and O–H groups in total. The number of amides is 2. The van der Waals surface area contributed by atoms with Crippen molar-refractivity contribution in [2.24, 2.45) is 0 Å². The smallest absolute Gasteiger partial charge is 0.407 e. The molecule has 4 rings (SSSR count). The molecule has 3 aliphatic rings. The van der Waals surface area contributed by atoms with E-state index in [1.807, 2.05) is 35.2 Å². The van der Waals surface area contributed by atoms with Gasteiger partial charge in [0, 0.05) is 26.2 Å². The SMILES string of the molecule is CC(C(=O)NN1CCN(CCN2CCCCC2)C(F)C1)(c1ccccc1)C1CNC(=O)O1. The van der Waals surface area contributed by atoms with Crippen molar-refractivity contribution in [1.29, 1.82) is 0 Å². The lowest BCUT2D eigenvalue weighted by Crippen LogP contribution is -2.61. The number of benzene rings is 1. The van der Waals surface area contributed by atoms with E-state index in [1.165, 1.54) is 19.3 Å². The van der Waals surface area contributed by atoms with Crippen LogP contribution in [0.1, 0.15) is 31.7 Å². The first kappa shape index (κ1) is 22.9. The molecule has 0 saturated carbocycles. The van der Waals surface area contributed by atoms with Crippen LogP contribution in [-0.4, -0.2) is 91.6 Å². The highest BCUT2D eigenvalue weighted by atomic mass is 19.1. The molecule has 1 aromatic rings. The van der Waals surface area contributed by atoms with E-state index >= 15 is 0 Å². The molecule has 0 bridgehead atoms. The van der Waals surface area contributed by atoms with Gasteiger partial charge in [-0.05, 0) is 38.4 Å². The Balaban J connectivity index is 1.36. The van der Waals surface area contributed by atoms with Crippen molar-refractivity contribution in [3.63, 3.8) is 0 Å². The molecule has 2 amide bonds. The van der Waals surface area contributed by atoms with E-state index in [1.54, 1.807) is 11.9 Å². The number of nitrogens with one attached hydrogen (secondary N) is 2. The normalized spacial score (nSPS) is 27.4. The Morgan fingerprint density at radius 2 is 1.91 bits per heavy atom. The number of carbonyl (C=O) groups is 2. The minimum absolute atomic E-state index is 0.110. The largest absolute Gasteiger partial charge is 0.443 e. The Morgan fingerprint density at radius 3 is 2.56 bits per heavy atom. The Bertz CT molecular complexity index is 791. The molecule has 32 heavy (non-hydrogen) atoms. The third kappa shape index (κ3) is 5.05. The second-order valence-electron chi connectivity index (χ2n) is 9.10. The van der Waals surface area contributed by atoms with E-state index < -0.39 is 23.9 Å². The average molecular weight is 448 g/mol. The fourth-order valence-corrected chi connectivity index (χ4v) is 4.80. The summed E-state index contributed by atoms with van der Waals surface area (Å²) in [5.41, 5.74) is 2.55. The predicted molar refractivity (Wildman–Crippen MR) is 119 cm³/mol. The number of piperazine rings is 1. The zero-order valence-corrected chi connectivity index (χ0v) is 18.8. The third-order valence-electron chi connectivity index (χ3n) is 7.01. The number of alkyl carbamates (subject to hydrolysis) is 1. The zero-order chi connectivity index (χ0) is 22.6. The quantitative estimate of drug-likeness (QED) is 0.617. The van der Waals surface area contributed by atoms with Crippen LogP contribution in [0.3, 0.4) is 0 Å². The molecule has 1 aromatic carbocycles. The maximum atomic E-state index is 14.9. The van der Waals surface area contributed by atoms with Gasteiger partial charge in [-0.3, -0.25) is 15.1 Å². The van der Waals surface area contributed by atoms with Crippen LogP contribution in [0, 0.1) is 0 Å². The third-order valence-corrected chi connectivity index (χ3v) is 7.01. The number of piperidine rings is 1. The Hall–Kier alpha value is -2.23. The summed E-state index contributed by atoms with van der Waals surface area (Å²) in [4.78, 5) is 29.4. The number of carbonyl (C=O) groups excluding carboxylic acids is 2. The molecule has 0 spiro atoms. The van der Waals surface area contributed by atoms with Gasteiger partial charge in [-0.15, -0.1) is 0 Å². The van der Waals surface area contributed by atoms with Crippen molar-refractivity contribution in [3.8, 4) is 0 Å². The number of cyclic esters (lactones) is 1. The van der Waals surface area contributed by atoms with Crippen LogP contribution >= 0.6 is 0 Å². The second kappa shape index (κ2) is 10.1. The number of alkyl halides is 1. The van der Waals surface area contributed by atoms with Gasteiger partial charge in [0.2, 0.25) is 5.91 Å². The van der Waals surface area contributed by atoms with Gasteiger partial charge < -0.3 is 15.0 Å². The van der Waals surface area contributed by atoms with Gasteiger partial charge in [-0.1, -0.05) is 36.8 Å².